The Kier molecular flexibility index (Phi) is 4.92. The van der Waals surface area contributed by atoms with Crippen molar-refractivity contribution < 1.29 is 4.79 Å². The smallest absolute Gasteiger partial charge is 0.270 e. The highest BCUT2D eigenvalue weighted by molar-refractivity contribution is 9.09. The molecule has 1 heterocycles. The van der Waals surface area contributed by atoms with Crippen LogP contribution in [0.4, 0.5) is 0 Å². The Morgan fingerprint density at radius 1 is 1.47 bits per heavy atom. The summed E-state index contributed by atoms with van der Waals surface area (Å²) in [7, 11) is 0. The Morgan fingerprint density at radius 2 is 2.26 bits per heavy atom. The molecule has 2 rings (SSSR count). The normalized spacial score (nSPS) is 22.5. The number of hydrogen-bond donors (Lipinski definition) is 1. The Balaban J connectivity index is 2.01. The van der Waals surface area contributed by atoms with E-state index in [0.29, 0.717) is 17.2 Å². The van der Waals surface area contributed by atoms with E-state index in [-0.39, 0.29) is 11.9 Å². The number of pyridine rings is 1. The van der Waals surface area contributed by atoms with Crippen molar-refractivity contribution in [1.29, 1.82) is 5.26 Å². The number of rotatable bonds is 3. The van der Waals surface area contributed by atoms with Gasteiger partial charge < -0.3 is 5.32 Å². The highest BCUT2D eigenvalue weighted by Gasteiger charge is 2.26. The molecule has 1 aliphatic carbocycles. The number of aromatic nitrogens is 1. The number of hydrogen-bond acceptors (Lipinski definition) is 3. The lowest BCUT2D eigenvalue weighted by Gasteiger charge is -2.30. The van der Waals surface area contributed by atoms with Crippen LogP contribution in [-0.2, 0) is 0 Å². The Hall–Kier alpha value is -1.41. The molecule has 19 heavy (non-hydrogen) atoms. The van der Waals surface area contributed by atoms with Crippen molar-refractivity contribution in [3.63, 3.8) is 0 Å². The van der Waals surface area contributed by atoms with Gasteiger partial charge in [-0.25, -0.2) is 4.98 Å². The number of carbonyl (C=O) groups is 1. The number of nitriles is 1. The average Bonchev–Trinajstić information content (AvgIpc) is 2.48. The van der Waals surface area contributed by atoms with Crippen molar-refractivity contribution >= 4 is 21.8 Å². The molecule has 0 aromatic carbocycles. The minimum Gasteiger partial charge on any atom is -0.348 e. The van der Waals surface area contributed by atoms with Gasteiger partial charge in [-0.1, -0.05) is 28.8 Å². The zero-order chi connectivity index (χ0) is 13.7. The molecule has 0 aliphatic heterocycles. The van der Waals surface area contributed by atoms with Crippen LogP contribution in [0, 0.1) is 17.2 Å². The SMILES string of the molecule is N#Cc1ccc(C(=O)NC2CCCCC2CBr)nc1. The lowest BCUT2D eigenvalue weighted by atomic mass is 9.86. The molecular weight excluding hydrogens is 306 g/mol. The average molecular weight is 322 g/mol. The number of amides is 1. The Bertz CT molecular complexity index is 480. The third-order valence-electron chi connectivity index (χ3n) is 3.55. The highest BCUT2D eigenvalue weighted by Crippen LogP contribution is 2.26. The van der Waals surface area contributed by atoms with E-state index >= 15 is 0 Å². The second-order valence-electron chi connectivity index (χ2n) is 4.82. The Morgan fingerprint density at radius 3 is 2.89 bits per heavy atom. The summed E-state index contributed by atoms with van der Waals surface area (Å²) < 4.78 is 0. The first-order chi connectivity index (χ1) is 9.24. The summed E-state index contributed by atoms with van der Waals surface area (Å²) in [6, 6.07) is 5.42. The Labute approximate surface area is 121 Å². The predicted molar refractivity (Wildman–Crippen MR) is 76.0 cm³/mol. The third kappa shape index (κ3) is 3.54. The van der Waals surface area contributed by atoms with Gasteiger partial charge in [-0.2, -0.15) is 5.26 Å². The quantitative estimate of drug-likeness (QED) is 0.870. The van der Waals surface area contributed by atoms with Crippen LogP contribution in [0.15, 0.2) is 18.3 Å². The molecule has 1 fully saturated rings. The molecule has 1 amide bonds. The summed E-state index contributed by atoms with van der Waals surface area (Å²) >= 11 is 3.51. The lowest BCUT2D eigenvalue weighted by Crippen LogP contribution is -2.43. The standard InChI is InChI=1S/C14H16BrN3O/c15-7-11-3-1-2-4-12(11)18-14(19)13-6-5-10(8-16)9-17-13/h5-6,9,11-12H,1-4,7H2,(H,18,19). The van der Waals surface area contributed by atoms with E-state index in [1.54, 1.807) is 12.1 Å². The van der Waals surface area contributed by atoms with E-state index < -0.39 is 0 Å². The first-order valence-electron chi connectivity index (χ1n) is 6.47. The van der Waals surface area contributed by atoms with E-state index in [1.165, 1.54) is 12.6 Å². The van der Waals surface area contributed by atoms with Crippen molar-refractivity contribution in [3.05, 3.63) is 29.6 Å². The minimum atomic E-state index is -0.151. The zero-order valence-electron chi connectivity index (χ0n) is 10.6. The monoisotopic (exact) mass is 321 g/mol. The van der Waals surface area contributed by atoms with E-state index in [1.807, 2.05) is 6.07 Å². The molecule has 1 aromatic rings. The number of alkyl halides is 1. The first-order valence-corrected chi connectivity index (χ1v) is 7.59. The summed E-state index contributed by atoms with van der Waals surface area (Å²) in [6.07, 6.45) is 6.00. The van der Waals surface area contributed by atoms with Gasteiger partial charge in [0, 0.05) is 17.6 Å². The molecule has 1 aliphatic rings. The van der Waals surface area contributed by atoms with Crippen LogP contribution in [0.1, 0.15) is 41.7 Å². The predicted octanol–water partition coefficient (Wildman–Crippen LogP) is 2.64. The zero-order valence-corrected chi connectivity index (χ0v) is 12.2. The van der Waals surface area contributed by atoms with Crippen LogP contribution < -0.4 is 5.32 Å². The molecule has 0 radical (unpaired) electrons. The fourth-order valence-electron chi connectivity index (χ4n) is 2.42. The van der Waals surface area contributed by atoms with Crippen molar-refractivity contribution in [2.75, 3.05) is 5.33 Å². The number of nitrogens with one attached hydrogen (secondary N) is 1. The molecule has 0 bridgehead atoms. The maximum Gasteiger partial charge on any atom is 0.270 e. The highest BCUT2D eigenvalue weighted by atomic mass is 79.9. The topological polar surface area (TPSA) is 65.8 Å². The molecule has 2 unspecified atom stereocenters. The van der Waals surface area contributed by atoms with E-state index in [9.17, 15) is 4.79 Å². The molecule has 100 valence electrons. The summed E-state index contributed by atoms with van der Waals surface area (Å²) in [4.78, 5) is 16.1. The maximum absolute atomic E-state index is 12.1. The van der Waals surface area contributed by atoms with Gasteiger partial charge in [0.25, 0.3) is 5.91 Å². The fraction of sp³-hybridized carbons (Fsp3) is 0.500. The van der Waals surface area contributed by atoms with E-state index in [4.69, 9.17) is 5.26 Å². The molecular formula is C14H16BrN3O. The van der Waals surface area contributed by atoms with Gasteiger partial charge in [-0.3, -0.25) is 4.79 Å². The third-order valence-corrected chi connectivity index (χ3v) is 4.38. The van der Waals surface area contributed by atoms with Gasteiger partial charge in [0.15, 0.2) is 0 Å². The van der Waals surface area contributed by atoms with Gasteiger partial charge in [-0.05, 0) is 30.9 Å². The van der Waals surface area contributed by atoms with Crippen LogP contribution in [0.2, 0.25) is 0 Å². The summed E-state index contributed by atoms with van der Waals surface area (Å²) in [5.41, 5.74) is 0.838. The largest absolute Gasteiger partial charge is 0.348 e. The fourth-order valence-corrected chi connectivity index (χ4v) is 3.19. The second-order valence-corrected chi connectivity index (χ2v) is 5.47. The number of nitrogens with zero attached hydrogens (tertiary/aromatic N) is 2. The van der Waals surface area contributed by atoms with Crippen molar-refractivity contribution in [2.45, 2.75) is 31.7 Å². The van der Waals surface area contributed by atoms with Crippen LogP contribution >= 0.6 is 15.9 Å². The van der Waals surface area contributed by atoms with Crippen LogP contribution in [-0.4, -0.2) is 22.3 Å². The van der Waals surface area contributed by atoms with Crippen LogP contribution in [0.5, 0.6) is 0 Å². The van der Waals surface area contributed by atoms with Gasteiger partial charge in [-0.15, -0.1) is 0 Å². The van der Waals surface area contributed by atoms with Crippen LogP contribution in [0.25, 0.3) is 0 Å². The van der Waals surface area contributed by atoms with Gasteiger partial charge in [0.1, 0.15) is 11.8 Å². The van der Waals surface area contributed by atoms with Crippen LogP contribution in [0.3, 0.4) is 0 Å². The number of halogens is 1. The minimum absolute atomic E-state index is 0.151. The number of carbonyl (C=O) groups excluding carboxylic acids is 1. The lowest BCUT2D eigenvalue weighted by molar-refractivity contribution is 0.0906. The summed E-state index contributed by atoms with van der Waals surface area (Å²) in [6.45, 7) is 0. The van der Waals surface area contributed by atoms with Crippen molar-refractivity contribution in [1.82, 2.24) is 10.3 Å². The molecule has 0 saturated heterocycles. The van der Waals surface area contributed by atoms with E-state index in [2.05, 4.69) is 26.2 Å². The molecule has 5 heteroatoms. The first kappa shape index (κ1) is 14.0. The molecule has 1 aromatic heterocycles. The summed E-state index contributed by atoms with van der Waals surface area (Å²) in [5.74, 6) is 0.346. The molecule has 1 N–H and O–H groups in total. The molecule has 1 saturated carbocycles. The van der Waals surface area contributed by atoms with E-state index in [0.717, 1.165) is 24.6 Å². The van der Waals surface area contributed by atoms with Crippen molar-refractivity contribution in [3.8, 4) is 6.07 Å². The maximum atomic E-state index is 12.1. The molecule has 4 nitrogen and oxygen atoms in total. The summed E-state index contributed by atoms with van der Waals surface area (Å²) in [5, 5.41) is 12.7. The van der Waals surface area contributed by atoms with Gasteiger partial charge in [0.2, 0.25) is 0 Å². The molecule has 0 spiro atoms. The van der Waals surface area contributed by atoms with Crippen molar-refractivity contribution in [2.24, 2.45) is 5.92 Å². The van der Waals surface area contributed by atoms with Gasteiger partial charge >= 0.3 is 0 Å². The van der Waals surface area contributed by atoms with Gasteiger partial charge in [0.05, 0.1) is 5.56 Å². The second kappa shape index (κ2) is 6.67. The molecule has 2 atom stereocenters.